The number of pyridine rings is 1. The highest BCUT2D eigenvalue weighted by atomic mass is 16.4. The molecule has 6 heteroatoms. The van der Waals surface area contributed by atoms with Crippen molar-refractivity contribution in [3.8, 4) is 0 Å². The van der Waals surface area contributed by atoms with Crippen molar-refractivity contribution in [1.82, 2.24) is 15.2 Å². The Morgan fingerprint density at radius 3 is 3.05 bits per heavy atom. The number of aliphatic carboxylic acids is 1. The summed E-state index contributed by atoms with van der Waals surface area (Å²) in [6.45, 7) is 2.51. The van der Waals surface area contributed by atoms with Crippen LogP contribution >= 0.6 is 0 Å². The summed E-state index contributed by atoms with van der Waals surface area (Å²) >= 11 is 0. The number of aromatic nitrogens is 1. The van der Waals surface area contributed by atoms with Gasteiger partial charge in [-0.25, -0.2) is 4.79 Å². The second-order valence-electron chi connectivity index (χ2n) is 4.59. The number of carbonyl (C=O) groups is 2. The maximum Gasteiger partial charge on any atom is 0.326 e. The highest BCUT2D eigenvalue weighted by Gasteiger charge is 2.36. The summed E-state index contributed by atoms with van der Waals surface area (Å²) in [6, 6.07) is 4.52. The van der Waals surface area contributed by atoms with Gasteiger partial charge in [-0.2, -0.15) is 0 Å². The van der Waals surface area contributed by atoms with E-state index in [-0.39, 0.29) is 11.9 Å². The monoisotopic (exact) mass is 263 g/mol. The fourth-order valence-electron chi connectivity index (χ4n) is 2.14. The van der Waals surface area contributed by atoms with Gasteiger partial charge in [-0.1, -0.05) is 6.07 Å². The van der Waals surface area contributed by atoms with Crippen LogP contribution in [0.4, 0.5) is 0 Å². The van der Waals surface area contributed by atoms with Crippen LogP contribution in [0.1, 0.15) is 19.0 Å². The Hall–Kier alpha value is -1.95. The minimum absolute atomic E-state index is 0.147. The van der Waals surface area contributed by atoms with Crippen molar-refractivity contribution in [2.24, 2.45) is 0 Å². The smallest absolute Gasteiger partial charge is 0.326 e. The van der Waals surface area contributed by atoms with Crippen molar-refractivity contribution >= 4 is 11.9 Å². The number of carbonyl (C=O) groups excluding carboxylic acids is 1. The normalized spacial score (nSPS) is 20.6. The molecule has 2 heterocycles. The van der Waals surface area contributed by atoms with E-state index in [0.29, 0.717) is 19.5 Å². The van der Waals surface area contributed by atoms with Crippen LogP contribution in [0.5, 0.6) is 0 Å². The first-order valence-electron chi connectivity index (χ1n) is 6.26. The molecule has 0 radical (unpaired) electrons. The lowest BCUT2D eigenvalue weighted by atomic mass is 10.2. The average Bonchev–Trinajstić information content (AvgIpc) is 2.78. The van der Waals surface area contributed by atoms with Gasteiger partial charge in [0, 0.05) is 19.3 Å². The lowest BCUT2D eigenvalue weighted by Crippen LogP contribution is -2.44. The van der Waals surface area contributed by atoms with Crippen molar-refractivity contribution in [2.45, 2.75) is 32.0 Å². The maximum atomic E-state index is 12.1. The molecule has 1 fully saturated rings. The zero-order valence-corrected chi connectivity index (χ0v) is 10.7. The standard InChI is InChI=1S/C13H17N3O3/c1-9(13(18)19)16-7-5-11(12(16)17)15-8-10-4-2-3-6-14-10/h2-4,6,9,11,15H,5,7-8H2,1H3,(H,18,19)/t9-,11-/m0/s1. The molecular formula is C13H17N3O3. The molecule has 1 aromatic heterocycles. The largest absolute Gasteiger partial charge is 0.480 e. The second kappa shape index (κ2) is 5.79. The number of nitrogens with zero attached hydrogens (tertiary/aromatic N) is 2. The molecule has 1 aliphatic rings. The summed E-state index contributed by atoms with van der Waals surface area (Å²) in [5.41, 5.74) is 0.861. The average molecular weight is 263 g/mol. The molecule has 1 aromatic rings. The quantitative estimate of drug-likeness (QED) is 0.795. The third-order valence-electron chi connectivity index (χ3n) is 3.32. The van der Waals surface area contributed by atoms with Gasteiger partial charge in [0.1, 0.15) is 6.04 Å². The molecule has 1 amide bonds. The molecule has 2 N–H and O–H groups in total. The van der Waals surface area contributed by atoms with E-state index in [4.69, 9.17) is 5.11 Å². The Morgan fingerprint density at radius 1 is 1.63 bits per heavy atom. The van der Waals surface area contributed by atoms with E-state index in [9.17, 15) is 9.59 Å². The summed E-state index contributed by atoms with van der Waals surface area (Å²) in [7, 11) is 0. The van der Waals surface area contributed by atoms with Crippen LogP contribution < -0.4 is 5.32 Å². The summed E-state index contributed by atoms with van der Waals surface area (Å²) in [5.74, 6) is -1.12. The van der Waals surface area contributed by atoms with E-state index in [0.717, 1.165) is 5.69 Å². The number of likely N-dealkylation sites (tertiary alicyclic amines) is 1. The van der Waals surface area contributed by atoms with Crippen molar-refractivity contribution < 1.29 is 14.7 Å². The number of carboxylic acid groups (broad SMARTS) is 1. The second-order valence-corrected chi connectivity index (χ2v) is 4.59. The van der Waals surface area contributed by atoms with Crippen LogP contribution in [-0.4, -0.2) is 45.5 Å². The maximum absolute atomic E-state index is 12.1. The third kappa shape index (κ3) is 3.08. The first kappa shape index (κ1) is 13.5. The van der Waals surface area contributed by atoms with Crippen LogP contribution in [0.3, 0.4) is 0 Å². The SMILES string of the molecule is C[C@@H](C(=O)O)N1CC[C@H](NCc2ccccn2)C1=O. The van der Waals surface area contributed by atoms with Gasteiger partial charge in [-0.3, -0.25) is 9.78 Å². The number of carboxylic acids is 1. The Bertz CT molecular complexity index is 463. The van der Waals surface area contributed by atoms with E-state index in [1.807, 2.05) is 18.2 Å². The molecule has 1 saturated heterocycles. The summed E-state index contributed by atoms with van der Waals surface area (Å²) < 4.78 is 0. The fourth-order valence-corrected chi connectivity index (χ4v) is 2.14. The molecule has 1 aliphatic heterocycles. The van der Waals surface area contributed by atoms with Crippen LogP contribution in [0.15, 0.2) is 24.4 Å². The molecule has 2 atom stereocenters. The summed E-state index contributed by atoms with van der Waals surface area (Å²) in [6.07, 6.45) is 2.33. The van der Waals surface area contributed by atoms with Gasteiger partial charge in [-0.05, 0) is 25.5 Å². The van der Waals surface area contributed by atoms with E-state index < -0.39 is 12.0 Å². The predicted octanol–water partition coefficient (Wildman–Crippen LogP) is 0.245. The van der Waals surface area contributed by atoms with Crippen molar-refractivity contribution in [3.05, 3.63) is 30.1 Å². The predicted molar refractivity (Wildman–Crippen MR) is 68.3 cm³/mol. The van der Waals surface area contributed by atoms with Crippen LogP contribution in [-0.2, 0) is 16.1 Å². The van der Waals surface area contributed by atoms with Crippen LogP contribution in [0.2, 0.25) is 0 Å². The number of nitrogens with one attached hydrogen (secondary N) is 1. The van der Waals surface area contributed by atoms with Gasteiger partial charge in [0.25, 0.3) is 0 Å². The van der Waals surface area contributed by atoms with Gasteiger partial charge in [-0.15, -0.1) is 0 Å². The molecule has 6 nitrogen and oxygen atoms in total. The first-order valence-corrected chi connectivity index (χ1v) is 6.26. The highest BCUT2D eigenvalue weighted by molar-refractivity contribution is 5.88. The zero-order valence-electron chi connectivity index (χ0n) is 10.7. The number of hydrogen-bond donors (Lipinski definition) is 2. The number of amides is 1. The van der Waals surface area contributed by atoms with Crippen LogP contribution in [0.25, 0.3) is 0 Å². The molecule has 0 aromatic carbocycles. The molecule has 2 rings (SSSR count). The highest BCUT2D eigenvalue weighted by Crippen LogP contribution is 2.15. The minimum atomic E-state index is -0.973. The molecule has 102 valence electrons. The molecule has 0 aliphatic carbocycles. The van der Waals surface area contributed by atoms with E-state index >= 15 is 0 Å². The zero-order chi connectivity index (χ0) is 13.8. The molecule has 0 unspecified atom stereocenters. The van der Waals surface area contributed by atoms with Crippen molar-refractivity contribution in [3.63, 3.8) is 0 Å². The Labute approximate surface area is 111 Å². The van der Waals surface area contributed by atoms with Crippen molar-refractivity contribution in [1.29, 1.82) is 0 Å². The molecule has 0 bridgehead atoms. The fraction of sp³-hybridized carbons (Fsp3) is 0.462. The minimum Gasteiger partial charge on any atom is -0.480 e. The first-order chi connectivity index (χ1) is 9.09. The van der Waals surface area contributed by atoms with Gasteiger partial charge in [0.2, 0.25) is 5.91 Å². The van der Waals surface area contributed by atoms with Gasteiger partial charge >= 0.3 is 5.97 Å². The third-order valence-corrected chi connectivity index (χ3v) is 3.32. The van der Waals surface area contributed by atoms with E-state index in [1.54, 1.807) is 6.20 Å². The summed E-state index contributed by atoms with van der Waals surface area (Å²) in [4.78, 5) is 28.5. The Kier molecular flexibility index (Phi) is 4.11. The Morgan fingerprint density at radius 2 is 2.42 bits per heavy atom. The van der Waals surface area contributed by atoms with Gasteiger partial charge in [0.05, 0.1) is 11.7 Å². The van der Waals surface area contributed by atoms with Gasteiger partial charge in [0.15, 0.2) is 0 Å². The summed E-state index contributed by atoms with van der Waals surface area (Å²) in [5, 5.41) is 12.1. The number of hydrogen-bond acceptors (Lipinski definition) is 4. The van der Waals surface area contributed by atoms with E-state index in [1.165, 1.54) is 11.8 Å². The molecule has 19 heavy (non-hydrogen) atoms. The van der Waals surface area contributed by atoms with Crippen LogP contribution in [0, 0.1) is 0 Å². The number of rotatable bonds is 5. The lowest BCUT2D eigenvalue weighted by Gasteiger charge is -2.21. The topological polar surface area (TPSA) is 82.5 Å². The Balaban J connectivity index is 1.90. The van der Waals surface area contributed by atoms with E-state index in [2.05, 4.69) is 10.3 Å². The van der Waals surface area contributed by atoms with Gasteiger partial charge < -0.3 is 15.3 Å². The molecular weight excluding hydrogens is 246 g/mol. The molecule has 0 spiro atoms. The lowest BCUT2D eigenvalue weighted by molar-refractivity contribution is -0.147. The van der Waals surface area contributed by atoms with Crippen molar-refractivity contribution in [2.75, 3.05) is 6.54 Å². The molecule has 0 saturated carbocycles.